The molecule has 3 aromatic rings. The van der Waals surface area contributed by atoms with E-state index in [1.807, 2.05) is 30.5 Å². The number of carbonyl (C=O) groups excluding carboxylic acids is 2. The highest BCUT2D eigenvalue weighted by molar-refractivity contribution is 5.93. The molecule has 2 heterocycles. The zero-order valence-corrected chi connectivity index (χ0v) is 15.5. The van der Waals surface area contributed by atoms with Crippen molar-refractivity contribution in [2.24, 2.45) is 5.92 Å². The molecule has 1 aromatic heterocycles. The molecule has 1 aliphatic heterocycles. The largest absolute Gasteiger partial charge is 0.361 e. The van der Waals surface area contributed by atoms with Gasteiger partial charge in [0.15, 0.2) is 0 Å². The third-order valence-electron chi connectivity index (χ3n) is 5.27. The van der Waals surface area contributed by atoms with Gasteiger partial charge in [-0.25, -0.2) is 4.39 Å². The second kappa shape index (κ2) is 7.84. The summed E-state index contributed by atoms with van der Waals surface area (Å²) in [5.41, 5.74) is 2.55. The molecular formula is C22H22FN3O2. The summed E-state index contributed by atoms with van der Waals surface area (Å²) in [6.45, 7) is 1.08. The van der Waals surface area contributed by atoms with Gasteiger partial charge in [-0.3, -0.25) is 9.59 Å². The predicted octanol–water partition coefficient (Wildman–Crippen LogP) is 3.73. The first kappa shape index (κ1) is 18.2. The van der Waals surface area contributed by atoms with Gasteiger partial charge in [0.05, 0.1) is 12.3 Å². The van der Waals surface area contributed by atoms with E-state index in [0.717, 1.165) is 29.3 Å². The van der Waals surface area contributed by atoms with Gasteiger partial charge in [-0.1, -0.05) is 18.2 Å². The standard InChI is InChI=1S/C22H22FN3O2/c23-17-7-9-18(10-8-17)25-22(28)15-4-3-11-26(14-15)21(27)12-16-13-24-20-6-2-1-5-19(16)20/h1-2,5-10,13,15,24H,3-4,11-12,14H2,(H,25,28)/t15-/m1/s1. The molecule has 2 N–H and O–H groups in total. The minimum absolute atomic E-state index is 0.0315. The van der Waals surface area contributed by atoms with Crippen molar-refractivity contribution >= 4 is 28.4 Å². The van der Waals surface area contributed by atoms with E-state index in [4.69, 9.17) is 0 Å². The van der Waals surface area contributed by atoms with Crippen LogP contribution in [0, 0.1) is 11.7 Å². The molecule has 0 unspecified atom stereocenters. The van der Waals surface area contributed by atoms with Gasteiger partial charge in [0, 0.05) is 35.9 Å². The van der Waals surface area contributed by atoms with Crippen molar-refractivity contribution in [2.45, 2.75) is 19.3 Å². The Balaban J connectivity index is 1.39. The Morgan fingerprint density at radius 3 is 2.75 bits per heavy atom. The van der Waals surface area contributed by atoms with Crippen LogP contribution in [-0.4, -0.2) is 34.8 Å². The van der Waals surface area contributed by atoms with E-state index in [1.165, 1.54) is 24.3 Å². The van der Waals surface area contributed by atoms with E-state index in [0.29, 0.717) is 25.2 Å². The number of likely N-dealkylation sites (tertiary alicyclic amines) is 1. The number of nitrogens with one attached hydrogen (secondary N) is 2. The molecule has 1 atom stereocenters. The molecular weight excluding hydrogens is 357 g/mol. The predicted molar refractivity (Wildman–Crippen MR) is 106 cm³/mol. The zero-order chi connectivity index (χ0) is 19.5. The normalized spacial score (nSPS) is 16.9. The number of amides is 2. The smallest absolute Gasteiger partial charge is 0.229 e. The van der Waals surface area contributed by atoms with Crippen LogP contribution in [0.1, 0.15) is 18.4 Å². The van der Waals surface area contributed by atoms with Gasteiger partial charge in [-0.2, -0.15) is 0 Å². The number of hydrogen-bond acceptors (Lipinski definition) is 2. The van der Waals surface area contributed by atoms with Crippen LogP contribution in [-0.2, 0) is 16.0 Å². The number of hydrogen-bond donors (Lipinski definition) is 2. The number of aromatic amines is 1. The Bertz CT molecular complexity index is 996. The molecule has 144 valence electrons. The third-order valence-corrected chi connectivity index (χ3v) is 5.27. The van der Waals surface area contributed by atoms with Crippen molar-refractivity contribution in [3.8, 4) is 0 Å². The molecule has 2 aromatic carbocycles. The van der Waals surface area contributed by atoms with Crippen molar-refractivity contribution in [3.63, 3.8) is 0 Å². The Labute approximate surface area is 162 Å². The molecule has 6 heteroatoms. The Morgan fingerprint density at radius 2 is 1.93 bits per heavy atom. The fourth-order valence-electron chi connectivity index (χ4n) is 3.75. The van der Waals surface area contributed by atoms with Gasteiger partial charge in [0.2, 0.25) is 11.8 Å². The highest BCUT2D eigenvalue weighted by atomic mass is 19.1. The quantitative estimate of drug-likeness (QED) is 0.726. The fraction of sp³-hybridized carbons (Fsp3) is 0.273. The van der Waals surface area contributed by atoms with Crippen molar-refractivity contribution in [2.75, 3.05) is 18.4 Å². The Morgan fingerprint density at radius 1 is 1.14 bits per heavy atom. The first-order valence-corrected chi connectivity index (χ1v) is 9.49. The lowest BCUT2D eigenvalue weighted by atomic mass is 9.96. The lowest BCUT2D eigenvalue weighted by Crippen LogP contribution is -2.44. The first-order valence-electron chi connectivity index (χ1n) is 9.49. The third kappa shape index (κ3) is 3.91. The maximum Gasteiger partial charge on any atom is 0.229 e. The highest BCUT2D eigenvalue weighted by Gasteiger charge is 2.28. The van der Waals surface area contributed by atoms with Crippen molar-refractivity contribution < 1.29 is 14.0 Å². The summed E-state index contributed by atoms with van der Waals surface area (Å²) in [5, 5.41) is 3.87. The van der Waals surface area contributed by atoms with Crippen LogP contribution in [0.3, 0.4) is 0 Å². The van der Waals surface area contributed by atoms with Gasteiger partial charge in [-0.05, 0) is 48.7 Å². The Hall–Kier alpha value is -3.15. The van der Waals surface area contributed by atoms with Gasteiger partial charge in [0.25, 0.3) is 0 Å². The van der Waals surface area contributed by atoms with E-state index in [-0.39, 0.29) is 23.5 Å². The van der Waals surface area contributed by atoms with E-state index in [1.54, 1.807) is 4.90 Å². The summed E-state index contributed by atoms with van der Waals surface area (Å²) < 4.78 is 13.0. The number of nitrogens with zero attached hydrogens (tertiary/aromatic N) is 1. The van der Waals surface area contributed by atoms with Crippen LogP contribution in [0.2, 0.25) is 0 Å². The summed E-state index contributed by atoms with van der Waals surface area (Å²) in [4.78, 5) is 30.3. The van der Waals surface area contributed by atoms with Crippen LogP contribution in [0.5, 0.6) is 0 Å². The second-order valence-corrected chi connectivity index (χ2v) is 7.21. The van der Waals surface area contributed by atoms with E-state index < -0.39 is 0 Å². The monoisotopic (exact) mass is 379 g/mol. The summed E-state index contributed by atoms with van der Waals surface area (Å²) in [6.07, 6.45) is 3.73. The molecule has 1 fully saturated rings. The average Bonchev–Trinajstić information content (AvgIpc) is 3.13. The molecule has 0 aliphatic carbocycles. The maximum atomic E-state index is 13.0. The number of carbonyl (C=O) groups is 2. The summed E-state index contributed by atoms with van der Waals surface area (Å²) >= 11 is 0. The number of fused-ring (bicyclic) bond motifs is 1. The molecule has 4 rings (SSSR count). The van der Waals surface area contributed by atoms with Crippen molar-refractivity contribution in [3.05, 3.63) is 66.1 Å². The van der Waals surface area contributed by atoms with Crippen LogP contribution >= 0.6 is 0 Å². The van der Waals surface area contributed by atoms with E-state index in [9.17, 15) is 14.0 Å². The zero-order valence-electron chi connectivity index (χ0n) is 15.5. The lowest BCUT2D eigenvalue weighted by Gasteiger charge is -2.32. The summed E-state index contributed by atoms with van der Waals surface area (Å²) in [6, 6.07) is 13.6. The average molecular weight is 379 g/mol. The van der Waals surface area contributed by atoms with E-state index >= 15 is 0 Å². The van der Waals surface area contributed by atoms with Gasteiger partial charge >= 0.3 is 0 Å². The number of rotatable bonds is 4. The van der Waals surface area contributed by atoms with Gasteiger partial charge in [-0.15, -0.1) is 0 Å². The molecule has 0 saturated carbocycles. The molecule has 28 heavy (non-hydrogen) atoms. The number of anilines is 1. The highest BCUT2D eigenvalue weighted by Crippen LogP contribution is 2.22. The summed E-state index contributed by atoms with van der Waals surface area (Å²) in [5.74, 6) is -0.698. The first-order chi connectivity index (χ1) is 13.6. The van der Waals surface area contributed by atoms with Crippen LogP contribution in [0.4, 0.5) is 10.1 Å². The number of H-pyrrole nitrogens is 1. The number of halogens is 1. The molecule has 0 radical (unpaired) electrons. The van der Waals surface area contributed by atoms with Crippen LogP contribution in [0.25, 0.3) is 10.9 Å². The lowest BCUT2D eigenvalue weighted by molar-refractivity contribution is -0.133. The minimum Gasteiger partial charge on any atom is -0.361 e. The number of piperidine rings is 1. The molecule has 0 spiro atoms. The van der Waals surface area contributed by atoms with Crippen molar-refractivity contribution in [1.29, 1.82) is 0 Å². The molecule has 1 aliphatic rings. The molecule has 2 amide bonds. The fourth-order valence-corrected chi connectivity index (χ4v) is 3.75. The number of aromatic nitrogens is 1. The van der Waals surface area contributed by atoms with Gasteiger partial charge < -0.3 is 15.2 Å². The molecule has 0 bridgehead atoms. The Kier molecular flexibility index (Phi) is 5.10. The topological polar surface area (TPSA) is 65.2 Å². The summed E-state index contributed by atoms with van der Waals surface area (Å²) in [7, 11) is 0. The second-order valence-electron chi connectivity index (χ2n) is 7.21. The minimum atomic E-state index is -0.343. The van der Waals surface area contributed by atoms with Crippen molar-refractivity contribution in [1.82, 2.24) is 9.88 Å². The number of benzene rings is 2. The van der Waals surface area contributed by atoms with Crippen LogP contribution in [0.15, 0.2) is 54.7 Å². The SMILES string of the molecule is O=C(Nc1ccc(F)cc1)[C@@H]1CCCN(C(=O)Cc2c[nH]c3ccccc23)C1. The maximum absolute atomic E-state index is 13.0. The number of para-hydroxylation sites is 1. The molecule has 5 nitrogen and oxygen atoms in total. The van der Waals surface area contributed by atoms with Crippen LogP contribution < -0.4 is 5.32 Å². The van der Waals surface area contributed by atoms with Gasteiger partial charge in [0.1, 0.15) is 5.82 Å². The van der Waals surface area contributed by atoms with E-state index in [2.05, 4.69) is 10.3 Å². The molecule has 1 saturated heterocycles.